The van der Waals surface area contributed by atoms with Crippen LogP contribution in [0.2, 0.25) is 0 Å². The number of hydrogen-bond acceptors (Lipinski definition) is 3. The van der Waals surface area contributed by atoms with Gasteiger partial charge < -0.3 is 16.0 Å². The van der Waals surface area contributed by atoms with Gasteiger partial charge in [0.1, 0.15) is 0 Å². The molecule has 4 heteroatoms. The Morgan fingerprint density at radius 2 is 1.72 bits per heavy atom. The van der Waals surface area contributed by atoms with Gasteiger partial charge >= 0.3 is 0 Å². The Bertz CT molecular complexity index is 564. The number of anilines is 1. The molecular formula is C21H35N3O. The van der Waals surface area contributed by atoms with Crippen molar-refractivity contribution in [3.05, 3.63) is 29.8 Å². The van der Waals surface area contributed by atoms with E-state index in [2.05, 4.69) is 62.2 Å². The van der Waals surface area contributed by atoms with Gasteiger partial charge in [-0.2, -0.15) is 0 Å². The maximum atomic E-state index is 12.4. The molecule has 0 aromatic heterocycles. The summed E-state index contributed by atoms with van der Waals surface area (Å²) >= 11 is 0. The Morgan fingerprint density at radius 1 is 1.16 bits per heavy atom. The smallest absolute Gasteiger partial charge is 0.240 e. The number of amides is 1. The molecule has 1 aromatic rings. The van der Waals surface area contributed by atoms with Crippen molar-refractivity contribution in [1.82, 2.24) is 5.32 Å². The molecule has 0 bridgehead atoms. The van der Waals surface area contributed by atoms with Crippen LogP contribution < -0.4 is 16.0 Å². The topological polar surface area (TPSA) is 58.4 Å². The van der Waals surface area contributed by atoms with Crippen LogP contribution in [0.15, 0.2) is 24.3 Å². The first-order chi connectivity index (χ1) is 11.6. The molecule has 1 fully saturated rings. The lowest BCUT2D eigenvalue weighted by atomic mass is 9.87. The van der Waals surface area contributed by atoms with Crippen molar-refractivity contribution in [2.24, 2.45) is 5.73 Å². The van der Waals surface area contributed by atoms with Crippen LogP contribution in [0, 0.1) is 0 Å². The van der Waals surface area contributed by atoms with Crippen molar-refractivity contribution in [2.75, 3.05) is 18.0 Å². The molecule has 0 aliphatic carbocycles. The average molecular weight is 346 g/mol. The first-order valence-corrected chi connectivity index (χ1v) is 9.59. The Hall–Kier alpha value is -1.55. The summed E-state index contributed by atoms with van der Waals surface area (Å²) in [6.07, 6.45) is 3.57. The fraction of sp³-hybridized carbons (Fsp3) is 0.667. The Labute approximate surface area is 153 Å². The summed E-state index contributed by atoms with van der Waals surface area (Å²) in [4.78, 5) is 14.8. The molecule has 0 spiro atoms. The van der Waals surface area contributed by atoms with Crippen molar-refractivity contribution in [3.63, 3.8) is 0 Å². The Kier molecular flexibility index (Phi) is 6.15. The van der Waals surface area contributed by atoms with E-state index in [1.54, 1.807) is 0 Å². The van der Waals surface area contributed by atoms with E-state index in [0.29, 0.717) is 0 Å². The number of piperidine rings is 1. The summed E-state index contributed by atoms with van der Waals surface area (Å²) in [7, 11) is 0. The number of nitrogens with zero attached hydrogens (tertiary/aromatic N) is 1. The monoisotopic (exact) mass is 345 g/mol. The molecule has 1 aliphatic heterocycles. The standard InChI is InChI=1S/C21H35N3O/c1-6-13-21(5,22)19(25)23-17-11-14-24(15-12-17)18-9-7-16(8-10-18)20(2,3)4/h7-10,17H,6,11-15,22H2,1-5H3,(H,23,25). The van der Waals surface area contributed by atoms with Gasteiger partial charge in [-0.1, -0.05) is 46.2 Å². The second kappa shape index (κ2) is 7.77. The molecule has 4 nitrogen and oxygen atoms in total. The minimum atomic E-state index is -0.755. The van der Waals surface area contributed by atoms with E-state index in [4.69, 9.17) is 5.73 Å². The molecule has 1 atom stereocenters. The highest BCUT2D eigenvalue weighted by Gasteiger charge is 2.30. The van der Waals surface area contributed by atoms with Gasteiger partial charge in [-0.05, 0) is 49.3 Å². The molecule has 1 aliphatic rings. The highest BCUT2D eigenvalue weighted by atomic mass is 16.2. The molecule has 2 rings (SSSR count). The molecule has 0 radical (unpaired) electrons. The normalized spacial score (nSPS) is 18.7. The van der Waals surface area contributed by atoms with E-state index in [0.717, 1.165) is 38.8 Å². The maximum Gasteiger partial charge on any atom is 0.240 e. The van der Waals surface area contributed by atoms with Crippen molar-refractivity contribution in [3.8, 4) is 0 Å². The predicted octanol–water partition coefficient (Wildman–Crippen LogP) is 3.59. The number of rotatable bonds is 5. The van der Waals surface area contributed by atoms with Gasteiger partial charge in [-0.15, -0.1) is 0 Å². The molecule has 25 heavy (non-hydrogen) atoms. The zero-order chi connectivity index (χ0) is 18.7. The highest BCUT2D eigenvalue weighted by molar-refractivity contribution is 5.85. The molecular weight excluding hydrogens is 310 g/mol. The van der Waals surface area contributed by atoms with E-state index < -0.39 is 5.54 Å². The van der Waals surface area contributed by atoms with Gasteiger partial charge in [0.25, 0.3) is 0 Å². The van der Waals surface area contributed by atoms with Gasteiger partial charge in [0.05, 0.1) is 5.54 Å². The third kappa shape index (κ3) is 5.21. The lowest BCUT2D eigenvalue weighted by molar-refractivity contribution is -0.126. The summed E-state index contributed by atoms with van der Waals surface area (Å²) in [5.41, 5.74) is 8.19. The van der Waals surface area contributed by atoms with Gasteiger partial charge in [0.2, 0.25) is 5.91 Å². The molecule has 1 amide bonds. The van der Waals surface area contributed by atoms with E-state index in [1.807, 2.05) is 6.92 Å². The molecule has 140 valence electrons. The lowest BCUT2D eigenvalue weighted by Gasteiger charge is -2.35. The second-order valence-corrected chi connectivity index (χ2v) is 8.70. The third-order valence-electron chi connectivity index (χ3n) is 5.22. The Morgan fingerprint density at radius 3 is 2.20 bits per heavy atom. The SMILES string of the molecule is CCCC(C)(N)C(=O)NC1CCN(c2ccc(C(C)(C)C)cc2)CC1. The molecule has 3 N–H and O–H groups in total. The number of nitrogens with one attached hydrogen (secondary N) is 1. The number of nitrogens with two attached hydrogens (primary N) is 1. The van der Waals surface area contributed by atoms with Gasteiger partial charge in [-0.25, -0.2) is 0 Å². The summed E-state index contributed by atoms with van der Waals surface area (Å²) in [5.74, 6) is -0.0117. The minimum absolute atomic E-state index is 0.0117. The van der Waals surface area contributed by atoms with Crippen LogP contribution in [-0.2, 0) is 10.2 Å². The van der Waals surface area contributed by atoms with E-state index in [1.165, 1.54) is 11.3 Å². The van der Waals surface area contributed by atoms with Crippen LogP contribution in [0.4, 0.5) is 5.69 Å². The van der Waals surface area contributed by atoms with Crippen molar-refractivity contribution in [2.45, 2.75) is 77.3 Å². The molecule has 1 aromatic carbocycles. The molecule has 1 heterocycles. The van der Waals surface area contributed by atoms with Crippen molar-refractivity contribution in [1.29, 1.82) is 0 Å². The van der Waals surface area contributed by atoms with Crippen LogP contribution in [0.25, 0.3) is 0 Å². The van der Waals surface area contributed by atoms with Gasteiger partial charge in [0, 0.05) is 24.8 Å². The van der Waals surface area contributed by atoms with Crippen LogP contribution in [0.3, 0.4) is 0 Å². The zero-order valence-electron chi connectivity index (χ0n) is 16.6. The first-order valence-electron chi connectivity index (χ1n) is 9.59. The first kappa shape index (κ1) is 19.8. The van der Waals surface area contributed by atoms with Crippen LogP contribution in [0.1, 0.15) is 65.9 Å². The quantitative estimate of drug-likeness (QED) is 0.857. The Balaban J connectivity index is 1.88. The van der Waals surface area contributed by atoms with Crippen LogP contribution in [-0.4, -0.2) is 30.6 Å². The zero-order valence-corrected chi connectivity index (χ0v) is 16.6. The van der Waals surface area contributed by atoms with Crippen LogP contribution in [0.5, 0.6) is 0 Å². The fourth-order valence-corrected chi connectivity index (χ4v) is 3.44. The molecule has 1 saturated heterocycles. The van der Waals surface area contributed by atoms with Crippen molar-refractivity contribution >= 4 is 11.6 Å². The van der Waals surface area contributed by atoms with Crippen molar-refractivity contribution < 1.29 is 4.79 Å². The van der Waals surface area contributed by atoms with Gasteiger partial charge in [-0.3, -0.25) is 4.79 Å². The largest absolute Gasteiger partial charge is 0.371 e. The lowest BCUT2D eigenvalue weighted by Crippen LogP contribution is -2.55. The average Bonchev–Trinajstić information content (AvgIpc) is 2.55. The summed E-state index contributed by atoms with van der Waals surface area (Å²) in [6, 6.07) is 9.13. The number of carbonyl (C=O) groups is 1. The fourth-order valence-electron chi connectivity index (χ4n) is 3.44. The van der Waals surface area contributed by atoms with E-state index >= 15 is 0 Å². The van der Waals surface area contributed by atoms with Gasteiger partial charge in [0.15, 0.2) is 0 Å². The second-order valence-electron chi connectivity index (χ2n) is 8.70. The molecule has 1 unspecified atom stereocenters. The third-order valence-corrected chi connectivity index (χ3v) is 5.22. The summed E-state index contributed by atoms with van der Waals surface area (Å²) in [5, 5.41) is 3.15. The van der Waals surface area contributed by atoms with E-state index in [-0.39, 0.29) is 17.4 Å². The summed E-state index contributed by atoms with van der Waals surface area (Å²) < 4.78 is 0. The summed E-state index contributed by atoms with van der Waals surface area (Å²) in [6.45, 7) is 12.5. The maximum absolute atomic E-state index is 12.4. The predicted molar refractivity (Wildman–Crippen MR) is 106 cm³/mol. The molecule has 0 saturated carbocycles. The number of benzene rings is 1. The number of carbonyl (C=O) groups excluding carboxylic acids is 1. The highest BCUT2D eigenvalue weighted by Crippen LogP contribution is 2.26. The van der Waals surface area contributed by atoms with Crippen LogP contribution >= 0.6 is 0 Å². The minimum Gasteiger partial charge on any atom is -0.371 e. The number of hydrogen-bond donors (Lipinski definition) is 2. The van der Waals surface area contributed by atoms with E-state index in [9.17, 15) is 4.79 Å².